The Balaban J connectivity index is 1.41. The van der Waals surface area contributed by atoms with E-state index in [1.807, 2.05) is 12.3 Å². The summed E-state index contributed by atoms with van der Waals surface area (Å²) < 4.78 is 0. The van der Waals surface area contributed by atoms with Crippen LogP contribution >= 0.6 is 11.3 Å². The van der Waals surface area contributed by atoms with Crippen LogP contribution in [0.5, 0.6) is 0 Å². The molecule has 3 rings (SSSR count). The van der Waals surface area contributed by atoms with Gasteiger partial charge in [0.1, 0.15) is 0 Å². The van der Waals surface area contributed by atoms with Crippen LogP contribution in [0, 0.1) is 6.92 Å². The van der Waals surface area contributed by atoms with Gasteiger partial charge in [-0.3, -0.25) is 9.69 Å². The van der Waals surface area contributed by atoms with Crippen LogP contribution in [0.1, 0.15) is 35.0 Å². The maximum absolute atomic E-state index is 12.1. The summed E-state index contributed by atoms with van der Waals surface area (Å²) in [5, 5.41) is 6.01. The van der Waals surface area contributed by atoms with Gasteiger partial charge in [0.05, 0.1) is 23.8 Å². The smallest absolute Gasteiger partial charge is 0.234 e. The maximum Gasteiger partial charge on any atom is 0.234 e. The number of aryl methyl sites for hydroxylation is 1. The number of nitrogens with one attached hydrogen (secondary N) is 1. The number of piperidine rings is 1. The second-order valence-electron chi connectivity index (χ2n) is 6.10. The summed E-state index contributed by atoms with van der Waals surface area (Å²) in [6, 6.07) is 10.7. The Hall–Kier alpha value is -1.72. The van der Waals surface area contributed by atoms with E-state index >= 15 is 0 Å². The lowest BCUT2D eigenvalue weighted by Crippen LogP contribution is -2.41. The monoisotopic (exact) mass is 329 g/mol. The zero-order valence-corrected chi connectivity index (χ0v) is 14.3. The molecule has 0 spiro atoms. The van der Waals surface area contributed by atoms with Crippen molar-refractivity contribution < 1.29 is 4.79 Å². The van der Waals surface area contributed by atoms with Crippen LogP contribution in [0.15, 0.2) is 35.7 Å². The molecule has 1 fully saturated rings. The van der Waals surface area contributed by atoms with Gasteiger partial charge in [-0.2, -0.15) is 0 Å². The number of thiazole rings is 1. The summed E-state index contributed by atoms with van der Waals surface area (Å²) in [6.07, 6.45) is 2.26. The molecule has 1 saturated heterocycles. The summed E-state index contributed by atoms with van der Waals surface area (Å²) in [4.78, 5) is 18.7. The normalized spacial score (nSPS) is 16.4. The van der Waals surface area contributed by atoms with Crippen molar-refractivity contribution in [1.82, 2.24) is 15.2 Å². The molecule has 1 aliphatic heterocycles. The van der Waals surface area contributed by atoms with Crippen LogP contribution in [-0.4, -0.2) is 35.4 Å². The zero-order chi connectivity index (χ0) is 16.1. The first-order valence-electron chi connectivity index (χ1n) is 8.16. The molecule has 1 N–H and O–H groups in total. The van der Waals surface area contributed by atoms with Crippen LogP contribution in [0.2, 0.25) is 0 Å². The molecule has 122 valence electrons. The summed E-state index contributed by atoms with van der Waals surface area (Å²) in [5.41, 5.74) is 2.37. The zero-order valence-electron chi connectivity index (χ0n) is 13.5. The topological polar surface area (TPSA) is 45.2 Å². The average Bonchev–Trinajstić information content (AvgIpc) is 3.00. The number of carbonyl (C=O) groups excluding carboxylic acids is 1. The minimum absolute atomic E-state index is 0.0915. The van der Waals surface area contributed by atoms with Crippen molar-refractivity contribution in [3.63, 3.8) is 0 Å². The lowest BCUT2D eigenvalue weighted by molar-refractivity contribution is -0.122. The Morgan fingerprint density at radius 1 is 1.30 bits per heavy atom. The first kappa shape index (κ1) is 16.1. The number of hydrogen-bond acceptors (Lipinski definition) is 4. The Morgan fingerprint density at radius 2 is 2.04 bits per heavy atom. The van der Waals surface area contributed by atoms with Gasteiger partial charge in [-0.15, -0.1) is 11.3 Å². The van der Waals surface area contributed by atoms with E-state index in [0.717, 1.165) is 36.6 Å². The number of rotatable bonds is 5. The molecule has 5 heteroatoms. The molecule has 0 atom stereocenters. The van der Waals surface area contributed by atoms with Crippen molar-refractivity contribution in [3.8, 4) is 0 Å². The third-order valence-corrected chi connectivity index (χ3v) is 5.18. The van der Waals surface area contributed by atoms with Gasteiger partial charge >= 0.3 is 0 Å². The van der Waals surface area contributed by atoms with Crippen molar-refractivity contribution in [2.75, 3.05) is 19.6 Å². The standard InChI is InChI=1S/C18H23N3OS/c1-14-20-17(13-23-14)11-19-18(22)12-21-9-7-16(8-10-21)15-5-3-2-4-6-15/h2-6,13,16H,7-12H2,1H3,(H,19,22). The highest BCUT2D eigenvalue weighted by atomic mass is 32.1. The molecular formula is C18H23N3OS. The van der Waals surface area contributed by atoms with E-state index in [1.165, 1.54) is 5.56 Å². The fourth-order valence-electron chi connectivity index (χ4n) is 3.09. The third-order valence-electron chi connectivity index (χ3n) is 4.36. The molecule has 0 radical (unpaired) electrons. The third kappa shape index (κ3) is 4.62. The fraction of sp³-hybridized carbons (Fsp3) is 0.444. The molecule has 0 unspecified atom stereocenters. The summed E-state index contributed by atoms with van der Waals surface area (Å²) >= 11 is 1.62. The van der Waals surface area contributed by atoms with Gasteiger partial charge in [0.15, 0.2) is 0 Å². The molecule has 0 saturated carbocycles. The highest BCUT2D eigenvalue weighted by molar-refractivity contribution is 7.09. The van der Waals surface area contributed by atoms with Gasteiger partial charge in [-0.1, -0.05) is 30.3 Å². The molecule has 0 aliphatic carbocycles. The highest BCUT2D eigenvalue weighted by Crippen LogP contribution is 2.27. The van der Waals surface area contributed by atoms with E-state index in [4.69, 9.17) is 0 Å². The molecule has 1 aliphatic rings. The lowest BCUT2D eigenvalue weighted by atomic mass is 9.89. The molecule has 23 heavy (non-hydrogen) atoms. The summed E-state index contributed by atoms with van der Waals surface area (Å²) in [5.74, 6) is 0.724. The van der Waals surface area contributed by atoms with Crippen molar-refractivity contribution in [1.29, 1.82) is 0 Å². The SMILES string of the molecule is Cc1nc(CNC(=O)CN2CCC(c3ccccc3)CC2)cs1. The number of amides is 1. The van der Waals surface area contributed by atoms with Crippen molar-refractivity contribution in [2.45, 2.75) is 32.2 Å². The molecule has 0 bridgehead atoms. The van der Waals surface area contributed by atoms with Crippen LogP contribution in [0.3, 0.4) is 0 Å². The molecule has 2 aromatic rings. The van der Waals surface area contributed by atoms with Gasteiger partial charge in [0.25, 0.3) is 0 Å². The summed E-state index contributed by atoms with van der Waals surface area (Å²) in [7, 11) is 0. The van der Waals surface area contributed by atoms with Gasteiger partial charge in [-0.05, 0) is 44.3 Å². The molecule has 1 aromatic heterocycles. The first-order chi connectivity index (χ1) is 11.2. The Labute approximate surface area is 141 Å². The van der Waals surface area contributed by atoms with E-state index in [2.05, 4.69) is 45.5 Å². The molecule has 1 aromatic carbocycles. The molecule has 4 nitrogen and oxygen atoms in total. The number of likely N-dealkylation sites (tertiary alicyclic amines) is 1. The van der Waals surface area contributed by atoms with Gasteiger partial charge in [0.2, 0.25) is 5.91 Å². The highest BCUT2D eigenvalue weighted by Gasteiger charge is 2.21. The van der Waals surface area contributed by atoms with E-state index in [0.29, 0.717) is 19.0 Å². The first-order valence-corrected chi connectivity index (χ1v) is 9.03. The van der Waals surface area contributed by atoms with Gasteiger partial charge in [-0.25, -0.2) is 4.98 Å². The number of carbonyl (C=O) groups is 1. The minimum Gasteiger partial charge on any atom is -0.349 e. The van der Waals surface area contributed by atoms with E-state index in [9.17, 15) is 4.79 Å². The van der Waals surface area contributed by atoms with E-state index < -0.39 is 0 Å². The van der Waals surface area contributed by atoms with Crippen LogP contribution in [0.25, 0.3) is 0 Å². The Bertz CT molecular complexity index is 633. The minimum atomic E-state index is 0.0915. The number of hydrogen-bond donors (Lipinski definition) is 1. The lowest BCUT2D eigenvalue weighted by Gasteiger charge is -2.31. The largest absolute Gasteiger partial charge is 0.349 e. The van der Waals surface area contributed by atoms with E-state index in [1.54, 1.807) is 11.3 Å². The van der Waals surface area contributed by atoms with Crippen molar-refractivity contribution in [2.24, 2.45) is 0 Å². The van der Waals surface area contributed by atoms with E-state index in [-0.39, 0.29) is 5.91 Å². The van der Waals surface area contributed by atoms with Crippen LogP contribution in [0.4, 0.5) is 0 Å². The number of benzene rings is 1. The van der Waals surface area contributed by atoms with Gasteiger partial charge in [0, 0.05) is 5.38 Å². The average molecular weight is 329 g/mol. The van der Waals surface area contributed by atoms with Crippen molar-refractivity contribution >= 4 is 17.2 Å². The van der Waals surface area contributed by atoms with Crippen LogP contribution in [-0.2, 0) is 11.3 Å². The predicted octanol–water partition coefficient (Wildman–Crippen LogP) is 2.95. The van der Waals surface area contributed by atoms with Crippen LogP contribution < -0.4 is 5.32 Å². The van der Waals surface area contributed by atoms with Gasteiger partial charge < -0.3 is 5.32 Å². The predicted molar refractivity (Wildman–Crippen MR) is 93.6 cm³/mol. The molecule has 2 heterocycles. The second kappa shape index (κ2) is 7.70. The fourth-order valence-corrected chi connectivity index (χ4v) is 3.70. The maximum atomic E-state index is 12.1. The summed E-state index contributed by atoms with van der Waals surface area (Å²) in [6.45, 7) is 4.98. The molecular weight excluding hydrogens is 306 g/mol. The second-order valence-corrected chi connectivity index (χ2v) is 7.16. The van der Waals surface area contributed by atoms with Crippen molar-refractivity contribution in [3.05, 3.63) is 52.0 Å². The Kier molecular flexibility index (Phi) is 5.41. The quantitative estimate of drug-likeness (QED) is 0.917. The molecule has 1 amide bonds. The number of aromatic nitrogens is 1. The number of nitrogens with zero attached hydrogens (tertiary/aromatic N) is 2. The Morgan fingerprint density at radius 3 is 2.70 bits per heavy atom.